The lowest BCUT2D eigenvalue weighted by Gasteiger charge is -2.32. The van der Waals surface area contributed by atoms with E-state index in [9.17, 15) is 9.59 Å². The molecule has 140 valence electrons. The van der Waals surface area contributed by atoms with Crippen molar-refractivity contribution in [2.75, 3.05) is 39.3 Å². The number of carbonyl (C=O) groups is 2. The molecule has 0 saturated carbocycles. The lowest BCUT2D eigenvalue weighted by Crippen LogP contribution is -2.43. The van der Waals surface area contributed by atoms with Crippen LogP contribution in [-0.2, 0) is 9.59 Å². The second-order valence-electron chi connectivity index (χ2n) is 7.82. The van der Waals surface area contributed by atoms with Gasteiger partial charge in [-0.2, -0.15) is 0 Å². The van der Waals surface area contributed by atoms with Gasteiger partial charge >= 0.3 is 0 Å². The van der Waals surface area contributed by atoms with E-state index in [4.69, 9.17) is 0 Å². The molecule has 2 fully saturated rings. The summed E-state index contributed by atoms with van der Waals surface area (Å²) in [6, 6.07) is 0. The van der Waals surface area contributed by atoms with Crippen molar-refractivity contribution in [3.05, 3.63) is 12.2 Å². The van der Waals surface area contributed by atoms with Crippen LogP contribution >= 0.6 is 0 Å². The molecule has 1 N–H and O–H groups in total. The van der Waals surface area contributed by atoms with E-state index in [0.29, 0.717) is 12.3 Å². The van der Waals surface area contributed by atoms with Crippen LogP contribution in [0.5, 0.6) is 0 Å². The molecule has 3 aliphatic rings. The first kappa shape index (κ1) is 18.4. The summed E-state index contributed by atoms with van der Waals surface area (Å²) in [7, 11) is 0. The second-order valence-corrected chi connectivity index (χ2v) is 7.82. The van der Waals surface area contributed by atoms with E-state index >= 15 is 0 Å². The lowest BCUT2D eigenvalue weighted by molar-refractivity contribution is -0.136. The van der Waals surface area contributed by atoms with Gasteiger partial charge in [-0.3, -0.25) is 9.59 Å². The Morgan fingerprint density at radius 3 is 2.48 bits per heavy atom. The van der Waals surface area contributed by atoms with Crippen LogP contribution in [0.2, 0.25) is 0 Å². The monoisotopic (exact) mass is 347 g/mol. The van der Waals surface area contributed by atoms with Crippen LogP contribution in [0.15, 0.2) is 12.2 Å². The van der Waals surface area contributed by atoms with Crippen molar-refractivity contribution in [2.45, 2.75) is 51.4 Å². The van der Waals surface area contributed by atoms with Crippen molar-refractivity contribution < 1.29 is 9.59 Å². The van der Waals surface area contributed by atoms with E-state index in [0.717, 1.165) is 58.3 Å². The summed E-state index contributed by atoms with van der Waals surface area (Å²) in [6.45, 7) is 5.79. The van der Waals surface area contributed by atoms with Gasteiger partial charge in [0.25, 0.3) is 0 Å². The van der Waals surface area contributed by atoms with Crippen LogP contribution in [0.25, 0.3) is 0 Å². The van der Waals surface area contributed by atoms with Gasteiger partial charge in [0.05, 0.1) is 0 Å². The van der Waals surface area contributed by atoms with E-state index in [2.05, 4.69) is 22.4 Å². The summed E-state index contributed by atoms with van der Waals surface area (Å²) in [6.07, 6.45) is 12.5. The number of nitrogens with one attached hydrogen (secondary N) is 1. The molecule has 0 aromatic carbocycles. The molecule has 25 heavy (non-hydrogen) atoms. The first-order valence-corrected chi connectivity index (χ1v) is 10.2. The van der Waals surface area contributed by atoms with Gasteiger partial charge in [0.15, 0.2) is 0 Å². The molecule has 0 aromatic heterocycles. The largest absolute Gasteiger partial charge is 0.356 e. The fourth-order valence-corrected chi connectivity index (χ4v) is 4.27. The minimum atomic E-state index is 0.0854. The van der Waals surface area contributed by atoms with Gasteiger partial charge in [-0.15, -0.1) is 0 Å². The van der Waals surface area contributed by atoms with Crippen LogP contribution in [0.1, 0.15) is 51.4 Å². The van der Waals surface area contributed by atoms with Crippen LogP contribution in [-0.4, -0.2) is 60.9 Å². The molecule has 2 aliphatic heterocycles. The molecular weight excluding hydrogens is 314 g/mol. The number of rotatable bonds is 7. The molecule has 2 heterocycles. The number of likely N-dealkylation sites (tertiary alicyclic amines) is 2. The van der Waals surface area contributed by atoms with Gasteiger partial charge in [0.2, 0.25) is 11.8 Å². The van der Waals surface area contributed by atoms with Gasteiger partial charge in [0, 0.05) is 32.0 Å². The summed E-state index contributed by atoms with van der Waals surface area (Å²) < 4.78 is 0. The van der Waals surface area contributed by atoms with E-state index in [1.807, 2.05) is 4.90 Å². The molecule has 1 aliphatic carbocycles. The average molecular weight is 348 g/mol. The SMILES string of the molecule is O=C(NCCCN1CCCC1)C1CCN(C(=O)C[C@@H]2C=CCC2)CC1. The minimum Gasteiger partial charge on any atom is -0.356 e. The molecule has 0 bridgehead atoms. The number of amides is 2. The summed E-state index contributed by atoms with van der Waals surface area (Å²) in [5.74, 6) is 0.972. The van der Waals surface area contributed by atoms with Crippen LogP contribution in [0, 0.1) is 11.8 Å². The average Bonchev–Trinajstić information content (AvgIpc) is 3.32. The summed E-state index contributed by atoms with van der Waals surface area (Å²) in [5.41, 5.74) is 0. The van der Waals surface area contributed by atoms with Gasteiger partial charge in [0.1, 0.15) is 0 Å². The number of carbonyl (C=O) groups excluding carboxylic acids is 2. The first-order chi connectivity index (χ1) is 12.2. The Morgan fingerprint density at radius 2 is 1.80 bits per heavy atom. The van der Waals surface area contributed by atoms with E-state index in [1.165, 1.54) is 25.9 Å². The highest BCUT2D eigenvalue weighted by atomic mass is 16.2. The molecule has 0 unspecified atom stereocenters. The van der Waals surface area contributed by atoms with Gasteiger partial charge in [-0.05, 0) is 70.5 Å². The van der Waals surface area contributed by atoms with Crippen molar-refractivity contribution in [1.29, 1.82) is 0 Å². The Hall–Kier alpha value is -1.36. The number of hydrogen-bond donors (Lipinski definition) is 1. The summed E-state index contributed by atoms with van der Waals surface area (Å²) >= 11 is 0. The normalized spacial score (nSPS) is 24.8. The van der Waals surface area contributed by atoms with Gasteiger partial charge < -0.3 is 15.1 Å². The van der Waals surface area contributed by atoms with Crippen LogP contribution in [0.3, 0.4) is 0 Å². The quantitative estimate of drug-likeness (QED) is 0.567. The predicted molar refractivity (Wildman–Crippen MR) is 99.1 cm³/mol. The third-order valence-electron chi connectivity index (χ3n) is 5.92. The van der Waals surface area contributed by atoms with Gasteiger partial charge in [-0.25, -0.2) is 0 Å². The molecule has 0 aromatic rings. The Morgan fingerprint density at radius 1 is 1.04 bits per heavy atom. The molecule has 2 saturated heterocycles. The number of hydrogen-bond acceptors (Lipinski definition) is 3. The van der Waals surface area contributed by atoms with Crippen molar-refractivity contribution in [3.8, 4) is 0 Å². The van der Waals surface area contributed by atoms with Crippen molar-refractivity contribution in [1.82, 2.24) is 15.1 Å². The summed E-state index contributed by atoms with van der Waals surface area (Å²) in [5, 5.41) is 3.10. The second kappa shape index (κ2) is 9.37. The van der Waals surface area contributed by atoms with E-state index < -0.39 is 0 Å². The fourth-order valence-electron chi connectivity index (χ4n) is 4.27. The van der Waals surface area contributed by atoms with Crippen LogP contribution < -0.4 is 5.32 Å². The molecule has 5 nitrogen and oxygen atoms in total. The van der Waals surface area contributed by atoms with Crippen molar-refractivity contribution >= 4 is 11.8 Å². The highest BCUT2D eigenvalue weighted by Crippen LogP contribution is 2.23. The zero-order valence-electron chi connectivity index (χ0n) is 15.4. The smallest absolute Gasteiger partial charge is 0.223 e. The standard InChI is InChI=1S/C20H33N3O2/c24-19(16-17-6-1-2-7-17)23-14-8-18(9-15-23)20(25)21-10-5-13-22-11-3-4-12-22/h1,6,17-18H,2-5,7-16H2,(H,21,25)/t17-/m1/s1. The lowest BCUT2D eigenvalue weighted by atomic mass is 9.95. The molecule has 1 atom stereocenters. The molecular formula is C20H33N3O2. The molecule has 5 heteroatoms. The maximum Gasteiger partial charge on any atom is 0.223 e. The van der Waals surface area contributed by atoms with Gasteiger partial charge in [-0.1, -0.05) is 12.2 Å². The Bertz CT molecular complexity index is 477. The predicted octanol–water partition coefficient (Wildman–Crippen LogP) is 2.18. The third kappa shape index (κ3) is 5.56. The molecule has 0 spiro atoms. The maximum absolute atomic E-state index is 12.4. The number of allylic oxidation sites excluding steroid dienone is 2. The summed E-state index contributed by atoms with van der Waals surface area (Å²) in [4.78, 5) is 29.1. The number of piperidine rings is 1. The van der Waals surface area contributed by atoms with Crippen molar-refractivity contribution in [2.24, 2.45) is 11.8 Å². The van der Waals surface area contributed by atoms with Crippen molar-refractivity contribution in [3.63, 3.8) is 0 Å². The Kier molecular flexibility index (Phi) is 6.91. The number of nitrogens with zero attached hydrogens (tertiary/aromatic N) is 2. The molecule has 0 radical (unpaired) electrons. The molecule has 3 rings (SSSR count). The fraction of sp³-hybridized carbons (Fsp3) is 0.800. The molecule has 2 amide bonds. The zero-order chi connectivity index (χ0) is 17.5. The zero-order valence-corrected chi connectivity index (χ0v) is 15.4. The van der Waals surface area contributed by atoms with E-state index in [-0.39, 0.29) is 17.7 Å². The Balaban J connectivity index is 1.29. The minimum absolute atomic E-state index is 0.0854. The van der Waals surface area contributed by atoms with Crippen LogP contribution in [0.4, 0.5) is 0 Å². The highest BCUT2D eigenvalue weighted by Gasteiger charge is 2.28. The third-order valence-corrected chi connectivity index (χ3v) is 5.92. The maximum atomic E-state index is 12.4. The first-order valence-electron chi connectivity index (χ1n) is 10.2. The van der Waals surface area contributed by atoms with E-state index in [1.54, 1.807) is 0 Å². The highest BCUT2D eigenvalue weighted by molar-refractivity contribution is 5.80. The Labute approximate surface area is 151 Å². The topological polar surface area (TPSA) is 52.7 Å².